The van der Waals surface area contributed by atoms with Crippen LogP contribution in [0.15, 0.2) is 78.7 Å². The summed E-state index contributed by atoms with van der Waals surface area (Å²) >= 11 is 1.18. The number of benzene rings is 2. The summed E-state index contributed by atoms with van der Waals surface area (Å²) in [5, 5.41) is 2.61. The molecule has 0 unspecified atom stereocenters. The average molecular weight is 489 g/mol. The Kier molecular flexibility index (Phi) is 49.1. The maximum Gasteiger partial charge on any atom is 0.284 e. The highest BCUT2D eigenvalue weighted by molar-refractivity contribution is 8.13. The van der Waals surface area contributed by atoms with E-state index in [-0.39, 0.29) is 11.1 Å². The van der Waals surface area contributed by atoms with Crippen molar-refractivity contribution in [1.29, 1.82) is 0 Å². The lowest BCUT2D eigenvalue weighted by molar-refractivity contribution is -0.117. The van der Waals surface area contributed by atoms with Gasteiger partial charge in [-0.2, -0.15) is 0 Å². The lowest BCUT2D eigenvalue weighted by atomic mass is 10.1. The van der Waals surface area contributed by atoms with Gasteiger partial charge in [-0.1, -0.05) is 110 Å². The SMILES string of the molecule is C=C.CC.CC.CC.CC.CC#CCNC(=O)Sc1ccccc1.NC(=O)Cc1ccccc1. The molecular weight excluding hydrogens is 440 g/mol. The van der Waals surface area contributed by atoms with Gasteiger partial charge in [-0.15, -0.1) is 19.1 Å². The van der Waals surface area contributed by atoms with E-state index in [1.165, 1.54) is 11.8 Å². The first kappa shape index (κ1) is 41.3. The van der Waals surface area contributed by atoms with Gasteiger partial charge in [-0.25, -0.2) is 0 Å². The van der Waals surface area contributed by atoms with Gasteiger partial charge in [0, 0.05) is 4.90 Å². The minimum absolute atomic E-state index is 0.0704. The van der Waals surface area contributed by atoms with Crippen LogP contribution < -0.4 is 11.1 Å². The van der Waals surface area contributed by atoms with Gasteiger partial charge in [-0.3, -0.25) is 9.59 Å². The second-order valence-corrected chi connectivity index (χ2v) is 5.66. The molecule has 3 N–H and O–H groups in total. The summed E-state index contributed by atoms with van der Waals surface area (Å²) < 4.78 is 0. The normalized spacial score (nSPS) is 7.09. The summed E-state index contributed by atoms with van der Waals surface area (Å²) in [6.07, 6.45) is 0.334. The molecule has 192 valence electrons. The molecule has 5 heteroatoms. The molecule has 2 rings (SSSR count). The highest BCUT2D eigenvalue weighted by Crippen LogP contribution is 2.16. The average Bonchev–Trinajstić information content (AvgIpc) is 2.91. The third-order valence-corrected chi connectivity index (χ3v) is 3.51. The van der Waals surface area contributed by atoms with E-state index in [0.29, 0.717) is 13.0 Å². The molecule has 0 fully saturated rings. The van der Waals surface area contributed by atoms with Crippen molar-refractivity contribution in [2.24, 2.45) is 5.73 Å². The number of primary amides is 1. The number of hydrogen-bond donors (Lipinski definition) is 2. The van der Waals surface area contributed by atoms with Crippen LogP contribution in [0.25, 0.3) is 0 Å². The molecule has 2 aromatic rings. The lowest BCUT2D eigenvalue weighted by Gasteiger charge is -1.99. The van der Waals surface area contributed by atoms with Crippen LogP contribution >= 0.6 is 11.8 Å². The third kappa shape index (κ3) is 33.7. The number of nitrogens with two attached hydrogens (primary N) is 1. The molecular formula is C29H48N2O2S. The van der Waals surface area contributed by atoms with Gasteiger partial charge in [0.15, 0.2) is 0 Å². The fraction of sp³-hybridized carbons (Fsp3) is 0.379. The van der Waals surface area contributed by atoms with Crippen LogP contribution in [0.5, 0.6) is 0 Å². The fourth-order valence-electron chi connectivity index (χ4n) is 1.63. The largest absolute Gasteiger partial charge is 0.369 e. The Balaban J connectivity index is -0.000000123. The highest BCUT2D eigenvalue weighted by atomic mass is 32.2. The quantitative estimate of drug-likeness (QED) is 0.259. The van der Waals surface area contributed by atoms with Crippen molar-refractivity contribution in [3.63, 3.8) is 0 Å². The van der Waals surface area contributed by atoms with Crippen molar-refractivity contribution in [2.75, 3.05) is 6.54 Å². The molecule has 0 spiro atoms. The van der Waals surface area contributed by atoms with E-state index in [4.69, 9.17) is 5.73 Å². The van der Waals surface area contributed by atoms with Gasteiger partial charge >= 0.3 is 0 Å². The van der Waals surface area contributed by atoms with E-state index in [1.54, 1.807) is 6.92 Å². The minimum Gasteiger partial charge on any atom is -0.369 e. The maximum atomic E-state index is 11.3. The van der Waals surface area contributed by atoms with E-state index in [2.05, 4.69) is 30.3 Å². The van der Waals surface area contributed by atoms with Crippen LogP contribution in [0.1, 0.15) is 67.9 Å². The van der Waals surface area contributed by atoms with Gasteiger partial charge in [0.05, 0.1) is 13.0 Å². The Bertz CT molecular complexity index is 709. The molecule has 0 aliphatic heterocycles. The van der Waals surface area contributed by atoms with Crippen molar-refractivity contribution in [3.05, 3.63) is 79.4 Å². The number of carbonyl (C=O) groups excluding carboxylic acids is 2. The number of thioether (sulfide) groups is 1. The van der Waals surface area contributed by atoms with Crippen LogP contribution in [0.4, 0.5) is 4.79 Å². The topological polar surface area (TPSA) is 72.2 Å². The summed E-state index contributed by atoms with van der Waals surface area (Å²) in [5.74, 6) is 5.20. The van der Waals surface area contributed by atoms with Gasteiger partial charge in [0.2, 0.25) is 5.91 Å². The molecule has 0 aliphatic carbocycles. The summed E-state index contributed by atoms with van der Waals surface area (Å²) in [4.78, 5) is 22.6. The smallest absolute Gasteiger partial charge is 0.284 e. The second-order valence-electron chi connectivity index (χ2n) is 4.61. The summed E-state index contributed by atoms with van der Waals surface area (Å²) in [5.41, 5.74) is 5.95. The van der Waals surface area contributed by atoms with Crippen molar-refractivity contribution >= 4 is 22.9 Å². The zero-order chi connectivity index (χ0) is 27.6. The predicted molar refractivity (Wildman–Crippen MR) is 155 cm³/mol. The second kappa shape index (κ2) is 40.4. The van der Waals surface area contributed by atoms with E-state index < -0.39 is 0 Å². The van der Waals surface area contributed by atoms with Gasteiger partial charge in [-0.05, 0) is 36.4 Å². The van der Waals surface area contributed by atoms with Crippen LogP contribution in [-0.2, 0) is 11.2 Å². The molecule has 0 heterocycles. The Morgan fingerprint density at radius 3 is 1.62 bits per heavy atom. The Labute approximate surface area is 214 Å². The number of hydrogen-bond acceptors (Lipinski definition) is 3. The summed E-state index contributed by atoms with van der Waals surface area (Å²) in [6, 6.07) is 19.0. The molecule has 0 atom stereocenters. The van der Waals surface area contributed by atoms with E-state index in [0.717, 1.165) is 10.5 Å². The Morgan fingerprint density at radius 1 is 0.824 bits per heavy atom. The zero-order valence-corrected chi connectivity index (χ0v) is 23.7. The number of amides is 2. The van der Waals surface area contributed by atoms with Gasteiger partial charge < -0.3 is 11.1 Å². The third-order valence-electron chi connectivity index (χ3n) is 2.67. The molecule has 2 amide bonds. The molecule has 0 radical (unpaired) electrons. The molecule has 0 aromatic heterocycles. The fourth-order valence-corrected chi connectivity index (χ4v) is 2.29. The van der Waals surface area contributed by atoms with E-state index >= 15 is 0 Å². The Morgan fingerprint density at radius 2 is 1.24 bits per heavy atom. The first-order valence-electron chi connectivity index (χ1n) is 11.8. The predicted octanol–water partition coefficient (Wildman–Crippen LogP) is 8.13. The maximum absolute atomic E-state index is 11.3. The monoisotopic (exact) mass is 488 g/mol. The number of rotatable bonds is 4. The summed E-state index contributed by atoms with van der Waals surface area (Å²) in [6.45, 7) is 24.2. The van der Waals surface area contributed by atoms with Crippen LogP contribution in [0.2, 0.25) is 0 Å². The van der Waals surface area contributed by atoms with E-state index in [9.17, 15) is 9.59 Å². The molecule has 0 bridgehead atoms. The molecule has 0 saturated carbocycles. The van der Waals surface area contributed by atoms with Gasteiger partial charge in [0.25, 0.3) is 5.24 Å². The number of carbonyl (C=O) groups is 2. The van der Waals surface area contributed by atoms with Crippen LogP contribution in [0, 0.1) is 11.8 Å². The summed E-state index contributed by atoms with van der Waals surface area (Å²) in [7, 11) is 0. The first-order valence-corrected chi connectivity index (χ1v) is 12.7. The van der Waals surface area contributed by atoms with Crippen molar-refractivity contribution in [1.82, 2.24) is 5.32 Å². The van der Waals surface area contributed by atoms with Crippen molar-refractivity contribution < 1.29 is 9.59 Å². The van der Waals surface area contributed by atoms with Crippen molar-refractivity contribution in [3.8, 4) is 11.8 Å². The van der Waals surface area contributed by atoms with Gasteiger partial charge in [0.1, 0.15) is 0 Å². The Hall–Kier alpha value is -2.97. The highest BCUT2D eigenvalue weighted by Gasteiger charge is 2.01. The van der Waals surface area contributed by atoms with E-state index in [1.807, 2.05) is 116 Å². The standard InChI is InChI=1S/C11H11NOS.C8H9NO.4C2H6.C2H4/c1-2-3-9-12-11(13)14-10-7-5-4-6-8-10;9-8(10)6-7-4-2-1-3-5-7;5*1-2/h4-8H,9H2,1H3,(H,12,13);1-5H,6H2,(H2,9,10);4*1-2H3;1-2H2. The molecule has 34 heavy (non-hydrogen) atoms. The number of nitrogens with one attached hydrogen (secondary N) is 1. The zero-order valence-electron chi connectivity index (χ0n) is 22.9. The molecule has 0 saturated heterocycles. The molecule has 4 nitrogen and oxygen atoms in total. The van der Waals surface area contributed by atoms with Crippen LogP contribution in [0.3, 0.4) is 0 Å². The molecule has 2 aromatic carbocycles. The molecule has 0 aliphatic rings. The lowest BCUT2D eigenvalue weighted by Crippen LogP contribution is -2.18. The van der Waals surface area contributed by atoms with Crippen LogP contribution in [-0.4, -0.2) is 17.7 Å². The van der Waals surface area contributed by atoms with Crippen molar-refractivity contribution in [2.45, 2.75) is 73.6 Å². The first-order chi connectivity index (χ1) is 16.6. The minimum atomic E-state index is -0.286.